The van der Waals surface area contributed by atoms with Crippen molar-refractivity contribution in [3.8, 4) is 0 Å². The van der Waals surface area contributed by atoms with Gasteiger partial charge in [-0.2, -0.15) is 0 Å². The van der Waals surface area contributed by atoms with Crippen LogP contribution in [-0.2, 0) is 9.53 Å². The van der Waals surface area contributed by atoms with Crippen LogP contribution in [0, 0.1) is 0 Å². The third-order valence-electron chi connectivity index (χ3n) is 4.12. The second-order valence-electron chi connectivity index (χ2n) is 6.42. The summed E-state index contributed by atoms with van der Waals surface area (Å²) in [4.78, 5) is 16.4. The van der Waals surface area contributed by atoms with Crippen LogP contribution in [0.5, 0.6) is 0 Å². The maximum absolute atomic E-state index is 11.4. The minimum absolute atomic E-state index is 0.0621. The van der Waals surface area contributed by atoms with Crippen molar-refractivity contribution in [1.82, 2.24) is 9.80 Å². The van der Waals surface area contributed by atoms with Crippen molar-refractivity contribution in [3.05, 3.63) is 0 Å². The molecule has 104 valence electrons. The lowest BCUT2D eigenvalue weighted by molar-refractivity contribution is -0.143. The highest BCUT2D eigenvalue weighted by Crippen LogP contribution is 2.35. The van der Waals surface area contributed by atoms with Gasteiger partial charge < -0.3 is 4.74 Å². The van der Waals surface area contributed by atoms with Gasteiger partial charge in [-0.1, -0.05) is 0 Å². The molecule has 0 radical (unpaired) electrons. The molecule has 0 aromatic rings. The fourth-order valence-electron chi connectivity index (χ4n) is 3.31. The predicted octanol–water partition coefficient (Wildman–Crippen LogP) is 1.50. The summed E-state index contributed by atoms with van der Waals surface area (Å²) in [6, 6.07) is 1.32. The molecule has 2 aliphatic rings. The van der Waals surface area contributed by atoms with Gasteiger partial charge in [0, 0.05) is 37.3 Å². The van der Waals surface area contributed by atoms with Crippen LogP contribution in [-0.4, -0.2) is 59.6 Å². The first kappa shape index (κ1) is 13.8. The van der Waals surface area contributed by atoms with E-state index in [2.05, 4.69) is 30.6 Å². The molecular weight excluding hydrogens is 228 g/mol. The Bertz CT molecular complexity index is 311. The van der Waals surface area contributed by atoms with E-state index in [1.165, 1.54) is 6.42 Å². The molecular formula is C14H26N2O2. The van der Waals surface area contributed by atoms with Gasteiger partial charge in [0.25, 0.3) is 0 Å². The lowest BCUT2D eigenvalue weighted by atomic mass is 10.0. The van der Waals surface area contributed by atoms with E-state index in [0.29, 0.717) is 25.1 Å². The van der Waals surface area contributed by atoms with Crippen LogP contribution in [0.3, 0.4) is 0 Å². The second-order valence-corrected chi connectivity index (χ2v) is 6.42. The monoisotopic (exact) mass is 254 g/mol. The van der Waals surface area contributed by atoms with Crippen LogP contribution in [0.2, 0.25) is 0 Å². The highest BCUT2D eigenvalue weighted by Gasteiger charge is 2.46. The van der Waals surface area contributed by atoms with E-state index in [-0.39, 0.29) is 11.5 Å². The van der Waals surface area contributed by atoms with E-state index < -0.39 is 0 Å². The van der Waals surface area contributed by atoms with Gasteiger partial charge in [-0.15, -0.1) is 0 Å². The third-order valence-corrected chi connectivity index (χ3v) is 4.12. The minimum Gasteiger partial charge on any atom is -0.466 e. The van der Waals surface area contributed by atoms with E-state index in [0.717, 1.165) is 19.6 Å². The molecule has 4 nitrogen and oxygen atoms in total. The Kier molecular flexibility index (Phi) is 3.97. The van der Waals surface area contributed by atoms with Gasteiger partial charge in [0.05, 0.1) is 13.0 Å². The van der Waals surface area contributed by atoms with Crippen molar-refractivity contribution in [1.29, 1.82) is 0 Å². The second kappa shape index (κ2) is 5.17. The quantitative estimate of drug-likeness (QED) is 0.712. The van der Waals surface area contributed by atoms with E-state index in [9.17, 15) is 4.79 Å². The summed E-state index contributed by atoms with van der Waals surface area (Å²) in [5.41, 5.74) is 0.270. The molecule has 4 heteroatoms. The molecule has 2 bridgehead atoms. The number of fused-ring (bicyclic) bond motifs is 2. The zero-order valence-electron chi connectivity index (χ0n) is 12.1. The maximum atomic E-state index is 11.4. The first-order valence-electron chi connectivity index (χ1n) is 7.08. The van der Waals surface area contributed by atoms with Crippen molar-refractivity contribution in [3.63, 3.8) is 0 Å². The number of hydrogen-bond acceptors (Lipinski definition) is 4. The molecule has 0 aromatic carbocycles. The van der Waals surface area contributed by atoms with Crippen LogP contribution < -0.4 is 0 Å². The van der Waals surface area contributed by atoms with Crippen molar-refractivity contribution >= 4 is 5.97 Å². The smallest absolute Gasteiger partial charge is 0.307 e. The van der Waals surface area contributed by atoms with Crippen molar-refractivity contribution in [2.45, 2.75) is 58.2 Å². The number of nitrogens with zero attached hydrogens (tertiary/aromatic N) is 2. The lowest BCUT2D eigenvalue weighted by Crippen LogP contribution is -2.53. The average molecular weight is 254 g/mol. The largest absolute Gasteiger partial charge is 0.466 e. The normalized spacial score (nSPS) is 28.9. The molecule has 2 atom stereocenters. The highest BCUT2D eigenvalue weighted by molar-refractivity contribution is 5.69. The van der Waals surface area contributed by atoms with E-state index in [1.807, 2.05) is 6.92 Å². The Labute approximate surface area is 110 Å². The van der Waals surface area contributed by atoms with Crippen molar-refractivity contribution < 1.29 is 9.53 Å². The van der Waals surface area contributed by atoms with Gasteiger partial charge in [-0.25, -0.2) is 0 Å². The fourth-order valence-corrected chi connectivity index (χ4v) is 3.31. The van der Waals surface area contributed by atoms with Gasteiger partial charge in [0.15, 0.2) is 0 Å². The molecule has 2 heterocycles. The number of piperazine rings is 1. The first-order chi connectivity index (χ1) is 8.41. The maximum Gasteiger partial charge on any atom is 0.307 e. The SMILES string of the molecule is CCOC(=O)CCN1CC2CC1CN2C(C)(C)C. The Morgan fingerprint density at radius 2 is 2.00 bits per heavy atom. The van der Waals surface area contributed by atoms with Crippen LogP contribution in [0.1, 0.15) is 40.5 Å². The number of esters is 1. The molecule has 2 aliphatic heterocycles. The highest BCUT2D eigenvalue weighted by atomic mass is 16.5. The molecule has 0 amide bonds. The van der Waals surface area contributed by atoms with Crippen LogP contribution >= 0.6 is 0 Å². The first-order valence-corrected chi connectivity index (χ1v) is 7.08. The Morgan fingerprint density at radius 3 is 2.50 bits per heavy atom. The zero-order valence-corrected chi connectivity index (χ0v) is 12.1. The molecule has 0 N–H and O–H groups in total. The summed E-state index contributed by atoms with van der Waals surface area (Å²) >= 11 is 0. The van der Waals surface area contributed by atoms with Gasteiger partial charge in [0.2, 0.25) is 0 Å². The Morgan fingerprint density at radius 1 is 1.28 bits per heavy atom. The molecule has 0 aliphatic carbocycles. The average Bonchev–Trinajstić information content (AvgIpc) is 2.84. The summed E-state index contributed by atoms with van der Waals surface area (Å²) in [6.07, 6.45) is 1.80. The van der Waals surface area contributed by atoms with Crippen molar-refractivity contribution in [2.75, 3.05) is 26.2 Å². The topological polar surface area (TPSA) is 32.8 Å². The molecule has 2 saturated heterocycles. The molecule has 2 unspecified atom stereocenters. The van der Waals surface area contributed by atoms with Crippen LogP contribution in [0.15, 0.2) is 0 Å². The Hall–Kier alpha value is -0.610. The molecule has 2 rings (SSSR count). The van der Waals surface area contributed by atoms with Gasteiger partial charge in [0.1, 0.15) is 0 Å². The zero-order chi connectivity index (χ0) is 13.3. The number of likely N-dealkylation sites (tertiary alicyclic amines) is 2. The van der Waals surface area contributed by atoms with Gasteiger partial charge in [-0.05, 0) is 34.1 Å². The standard InChI is InChI=1S/C14H26N2O2/c1-5-18-13(17)6-7-15-9-12-8-11(15)10-16(12)14(2,3)4/h11-12H,5-10H2,1-4H3. The molecule has 2 fully saturated rings. The predicted molar refractivity (Wildman–Crippen MR) is 71.5 cm³/mol. The Balaban J connectivity index is 1.79. The van der Waals surface area contributed by atoms with E-state index in [4.69, 9.17) is 4.74 Å². The summed E-state index contributed by atoms with van der Waals surface area (Å²) in [6.45, 7) is 12.3. The minimum atomic E-state index is -0.0621. The van der Waals surface area contributed by atoms with Gasteiger partial charge >= 0.3 is 5.97 Å². The fraction of sp³-hybridized carbons (Fsp3) is 0.929. The molecule has 0 aromatic heterocycles. The molecule has 0 saturated carbocycles. The number of carbonyl (C=O) groups excluding carboxylic acids is 1. The molecule has 0 spiro atoms. The van der Waals surface area contributed by atoms with Gasteiger partial charge in [-0.3, -0.25) is 14.6 Å². The number of ether oxygens (including phenoxy) is 1. The summed E-state index contributed by atoms with van der Waals surface area (Å²) in [7, 11) is 0. The number of carbonyl (C=O) groups is 1. The third kappa shape index (κ3) is 2.86. The summed E-state index contributed by atoms with van der Waals surface area (Å²) in [5, 5.41) is 0. The number of hydrogen-bond donors (Lipinski definition) is 0. The van der Waals surface area contributed by atoms with E-state index >= 15 is 0 Å². The van der Waals surface area contributed by atoms with Crippen LogP contribution in [0.25, 0.3) is 0 Å². The van der Waals surface area contributed by atoms with Crippen LogP contribution in [0.4, 0.5) is 0 Å². The summed E-state index contributed by atoms with van der Waals surface area (Å²) < 4.78 is 4.98. The molecule has 18 heavy (non-hydrogen) atoms. The lowest BCUT2D eigenvalue weighted by Gasteiger charge is -2.42. The van der Waals surface area contributed by atoms with E-state index in [1.54, 1.807) is 0 Å². The van der Waals surface area contributed by atoms with Crippen molar-refractivity contribution in [2.24, 2.45) is 0 Å². The number of rotatable bonds is 4. The summed E-state index contributed by atoms with van der Waals surface area (Å²) in [5.74, 6) is -0.0621.